The van der Waals surface area contributed by atoms with Gasteiger partial charge in [-0.2, -0.15) is 0 Å². The van der Waals surface area contributed by atoms with Crippen molar-refractivity contribution in [1.29, 1.82) is 0 Å². The van der Waals surface area contributed by atoms with Crippen LogP contribution in [0.4, 0.5) is 0 Å². The third kappa shape index (κ3) is 28.0. The molecular weight excluding hydrogens is 1670 g/mol. The SMILES string of the molecule is C=C(C)[C@@H]1CCC(C)=C[C@H]1c1c(O)cc(/C=C/c2ccc(OC)cc2)cc1O.C=C(C)[C@@H]1CCC(C)=C[C@H]1c1c(O)cc(/C=C/c2ccccc2)cc1O.C=C(C)[C@@H]1CCC(C)=C[C@H]1c1c(O)cc(CCc2ccccc2)cc1O.C=C(C)[C@@H]1CCC(C)=C[C@H]1c1c(O)cc(CCc2ccccc2)cc1OC.C=C(C)[C@@H]1CCC(C)=C[C@H]1c1c(OC)cc(CCc2ccccc2)cc1OC. The van der Waals surface area contributed by atoms with Crippen LogP contribution >= 0.6 is 0 Å². The Morgan fingerprint density at radius 3 is 0.763 bits per heavy atom. The molecular formula is C124H144O11. The average molecular weight is 1810 g/mol. The number of phenolic OH excluding ortho intramolecular Hbond substituents is 7. The van der Waals surface area contributed by atoms with Gasteiger partial charge in [0.1, 0.15) is 63.2 Å². The Morgan fingerprint density at radius 1 is 0.259 bits per heavy atom. The van der Waals surface area contributed by atoms with Crippen molar-refractivity contribution < 1.29 is 54.7 Å². The minimum atomic E-state index is -0.0501. The number of phenols is 7. The van der Waals surface area contributed by atoms with Gasteiger partial charge >= 0.3 is 0 Å². The Bertz CT molecular complexity index is 5880. The highest BCUT2D eigenvalue weighted by molar-refractivity contribution is 5.74. The zero-order valence-corrected chi connectivity index (χ0v) is 82.2. The maximum absolute atomic E-state index is 10.9. The normalized spacial score (nSPS) is 19.6. The first-order valence-electron chi connectivity index (χ1n) is 47.9. The van der Waals surface area contributed by atoms with E-state index in [2.05, 4.69) is 197 Å². The molecule has 10 aromatic rings. The molecule has 10 atom stereocenters. The highest BCUT2D eigenvalue weighted by Crippen LogP contribution is 2.53. The molecule has 0 heterocycles. The van der Waals surface area contributed by atoms with Gasteiger partial charge in [-0.1, -0.05) is 277 Å². The monoisotopic (exact) mass is 1810 g/mol. The zero-order valence-electron chi connectivity index (χ0n) is 82.2. The van der Waals surface area contributed by atoms with Crippen molar-refractivity contribution in [3.8, 4) is 63.2 Å². The smallest absolute Gasteiger partial charge is 0.126 e. The molecule has 135 heavy (non-hydrogen) atoms. The second-order valence-electron chi connectivity index (χ2n) is 38.1. The van der Waals surface area contributed by atoms with Crippen LogP contribution < -0.4 is 18.9 Å². The third-order valence-electron chi connectivity index (χ3n) is 27.6. The fourth-order valence-corrected chi connectivity index (χ4v) is 20.1. The van der Waals surface area contributed by atoms with Crippen molar-refractivity contribution in [3.05, 3.63) is 409 Å². The Morgan fingerprint density at radius 2 is 0.481 bits per heavy atom. The van der Waals surface area contributed by atoms with Gasteiger partial charge in [-0.3, -0.25) is 0 Å². The van der Waals surface area contributed by atoms with E-state index in [0.717, 1.165) is 187 Å². The first-order valence-corrected chi connectivity index (χ1v) is 47.9. The van der Waals surface area contributed by atoms with Crippen LogP contribution in [-0.2, 0) is 38.5 Å². The highest BCUT2D eigenvalue weighted by atomic mass is 16.5. The lowest BCUT2D eigenvalue weighted by molar-refractivity contribution is 0.368. The van der Waals surface area contributed by atoms with E-state index in [0.29, 0.717) is 34.3 Å². The third-order valence-corrected chi connectivity index (χ3v) is 27.6. The molecule has 15 rings (SSSR count). The summed E-state index contributed by atoms with van der Waals surface area (Å²) in [6.45, 7) is 41.8. The number of hydrogen-bond acceptors (Lipinski definition) is 11. The van der Waals surface area contributed by atoms with Gasteiger partial charge in [0.2, 0.25) is 0 Å². The number of aryl methyl sites for hydroxylation is 6. The van der Waals surface area contributed by atoms with Crippen molar-refractivity contribution in [1.82, 2.24) is 0 Å². The molecule has 5 aliphatic carbocycles. The molecule has 0 fully saturated rings. The number of methoxy groups -OCH3 is 4. The van der Waals surface area contributed by atoms with Gasteiger partial charge in [0.05, 0.1) is 28.4 Å². The van der Waals surface area contributed by atoms with E-state index in [1.807, 2.05) is 142 Å². The second kappa shape index (κ2) is 49.2. The summed E-state index contributed by atoms with van der Waals surface area (Å²) in [6, 6.07) is 67.8. The molecule has 11 nitrogen and oxygen atoms in total. The van der Waals surface area contributed by atoms with Crippen LogP contribution in [0.15, 0.2) is 325 Å². The molecule has 0 saturated heterocycles. The van der Waals surface area contributed by atoms with E-state index < -0.39 is 0 Å². The lowest BCUT2D eigenvalue weighted by atomic mass is 9.73. The van der Waals surface area contributed by atoms with Gasteiger partial charge in [0.15, 0.2) is 0 Å². The van der Waals surface area contributed by atoms with E-state index in [9.17, 15) is 35.7 Å². The van der Waals surface area contributed by atoms with Crippen molar-refractivity contribution >= 4 is 24.3 Å². The van der Waals surface area contributed by atoms with Gasteiger partial charge in [-0.15, -0.1) is 0 Å². The molecule has 0 unspecified atom stereocenters. The number of hydrogen-bond donors (Lipinski definition) is 7. The summed E-state index contributed by atoms with van der Waals surface area (Å²) in [6.07, 6.45) is 34.8. The van der Waals surface area contributed by atoms with Crippen molar-refractivity contribution in [2.24, 2.45) is 29.6 Å². The van der Waals surface area contributed by atoms with Crippen molar-refractivity contribution in [3.63, 3.8) is 0 Å². The van der Waals surface area contributed by atoms with Crippen LogP contribution in [-0.4, -0.2) is 64.2 Å². The summed E-state index contributed by atoms with van der Waals surface area (Å²) in [5.74, 6) is 6.41. The van der Waals surface area contributed by atoms with E-state index in [1.54, 1.807) is 52.7 Å². The van der Waals surface area contributed by atoms with Gasteiger partial charge in [-0.05, 0) is 330 Å². The maximum Gasteiger partial charge on any atom is 0.126 e. The van der Waals surface area contributed by atoms with E-state index in [4.69, 9.17) is 18.9 Å². The van der Waals surface area contributed by atoms with Gasteiger partial charge in [0.25, 0.3) is 0 Å². The van der Waals surface area contributed by atoms with Crippen molar-refractivity contribution in [2.45, 2.75) is 202 Å². The number of benzene rings is 10. The Labute approximate surface area is 805 Å². The minimum absolute atomic E-state index is 0.00979. The predicted octanol–water partition coefficient (Wildman–Crippen LogP) is 31.2. The summed E-state index contributed by atoms with van der Waals surface area (Å²) in [5.41, 5.74) is 27.0. The molecule has 11 heteroatoms. The summed E-state index contributed by atoms with van der Waals surface area (Å²) in [5, 5.41) is 75.0. The molecule has 0 spiro atoms. The molecule has 0 radical (unpaired) electrons. The molecule has 0 amide bonds. The Balaban J connectivity index is 0.000000162. The van der Waals surface area contributed by atoms with Crippen LogP contribution in [0.3, 0.4) is 0 Å². The fourth-order valence-electron chi connectivity index (χ4n) is 20.1. The lowest BCUT2D eigenvalue weighted by Crippen LogP contribution is -2.18. The molecule has 706 valence electrons. The molecule has 7 N–H and O–H groups in total. The molecule has 10 aromatic carbocycles. The standard InChI is InChI=1S/C26H32O2.C25H28O3.C25H30O2.C24H28O2.C24H26O2/c1-18(2)22-14-11-19(3)15-23(22)26-24(27-4)16-21(17-25(26)28-5)13-12-20-9-7-6-8-10-20;1-16(2)21-12-5-17(3)13-22(21)25-23(26)14-19(15-24(25)27)7-6-18-8-10-20(28-4)11-9-18;1-17(2)21-13-10-18(3)14-22(21)25-23(26)15-20(16-24(25)27-4)12-11-19-8-6-5-7-9-19;2*1-16(2)20-12-9-17(3)13-21(20)24-22(25)14-19(15-23(24)26)11-10-18-7-5-4-6-8-18/h6-10,15-17,22-23H,1,11-14H2,2-5H3;6-11,13-15,21-22,26-27H,1,5,12H2,2-4H3;5-9,14-16,21-22,26H,1,10-13H2,2-4H3;4-8,13-15,20-21,25-26H,1,9-12H2,2-3H3;4-8,10-11,13-15,20-21,25-26H,1,9,12H2,2-3H3/b;7-6+;;;11-10+/t22-,23+;2*21-,22+;2*20-,21+/m00000/s1. The molecule has 5 aliphatic rings. The predicted molar refractivity (Wildman–Crippen MR) is 563 cm³/mol. The number of allylic oxidation sites excluding steroid dienone is 15. The van der Waals surface area contributed by atoms with Crippen LogP contribution in [0, 0.1) is 29.6 Å². The first kappa shape index (κ1) is 102. The second-order valence-corrected chi connectivity index (χ2v) is 38.1. The number of ether oxygens (including phenoxy) is 4. The molecule has 0 aliphatic heterocycles. The quantitative estimate of drug-likeness (QED) is 0.0192. The molecule has 0 bridgehead atoms. The number of rotatable bonds is 27. The van der Waals surface area contributed by atoms with Crippen LogP contribution in [0.1, 0.15) is 246 Å². The van der Waals surface area contributed by atoms with Crippen molar-refractivity contribution in [2.75, 3.05) is 28.4 Å². The Hall–Kier alpha value is -13.1. The topological polar surface area (TPSA) is 179 Å². The molecule has 0 saturated carbocycles. The summed E-state index contributed by atoms with van der Waals surface area (Å²) in [7, 11) is 6.84. The minimum Gasteiger partial charge on any atom is -0.507 e. The van der Waals surface area contributed by atoms with Gasteiger partial charge < -0.3 is 54.7 Å². The van der Waals surface area contributed by atoms with E-state index in [1.165, 1.54) is 61.3 Å². The summed E-state index contributed by atoms with van der Waals surface area (Å²) in [4.78, 5) is 0. The highest BCUT2D eigenvalue weighted by Gasteiger charge is 2.36. The Kier molecular flexibility index (Phi) is 37.3. The van der Waals surface area contributed by atoms with Gasteiger partial charge in [-0.25, -0.2) is 0 Å². The van der Waals surface area contributed by atoms with Crippen LogP contribution in [0.25, 0.3) is 24.3 Å². The zero-order chi connectivity index (χ0) is 97.1. The van der Waals surface area contributed by atoms with E-state index in [-0.39, 0.29) is 81.8 Å². The van der Waals surface area contributed by atoms with Crippen LogP contribution in [0.2, 0.25) is 0 Å². The first-order chi connectivity index (χ1) is 64.8. The van der Waals surface area contributed by atoms with Gasteiger partial charge in [0, 0.05) is 57.4 Å². The summed E-state index contributed by atoms with van der Waals surface area (Å²) < 4.78 is 22.6. The largest absolute Gasteiger partial charge is 0.507 e. The van der Waals surface area contributed by atoms with E-state index >= 15 is 0 Å². The maximum atomic E-state index is 10.9. The lowest BCUT2D eigenvalue weighted by Gasteiger charge is -2.32. The fraction of sp³-hybridized carbons (Fsp3) is 0.323. The summed E-state index contributed by atoms with van der Waals surface area (Å²) >= 11 is 0. The van der Waals surface area contributed by atoms with Crippen LogP contribution in [0.5, 0.6) is 63.2 Å². The number of aromatic hydroxyl groups is 7. The average Bonchev–Trinajstić information content (AvgIpc) is 0.807. The molecule has 0 aromatic heterocycles.